The minimum Gasteiger partial charge on any atom is -0.396 e. The van der Waals surface area contributed by atoms with Gasteiger partial charge in [-0.1, -0.05) is 19.1 Å². The summed E-state index contributed by atoms with van der Waals surface area (Å²) >= 11 is 1.77. The highest BCUT2D eigenvalue weighted by atomic mass is 32.2. The molecule has 0 saturated heterocycles. The van der Waals surface area contributed by atoms with Crippen LogP contribution in [-0.2, 0) is 0 Å². The maximum absolute atomic E-state index is 8.92. The number of aliphatic hydroxyl groups excluding tert-OH is 1. The van der Waals surface area contributed by atoms with Gasteiger partial charge in [0.05, 0.1) is 0 Å². The van der Waals surface area contributed by atoms with E-state index in [1.54, 1.807) is 11.8 Å². The molecule has 2 atom stereocenters. The summed E-state index contributed by atoms with van der Waals surface area (Å²) in [6.45, 7) is 4.28. The van der Waals surface area contributed by atoms with Crippen molar-refractivity contribution in [3.8, 4) is 0 Å². The molecule has 2 nitrogen and oxygen atoms in total. The summed E-state index contributed by atoms with van der Waals surface area (Å²) in [5.74, 6) is 1.28. The molecular formula is C12H19NOS. The minimum absolute atomic E-state index is 0.0841. The second-order valence-electron chi connectivity index (χ2n) is 3.96. The molecule has 0 saturated carbocycles. The van der Waals surface area contributed by atoms with Gasteiger partial charge in [0.2, 0.25) is 0 Å². The van der Waals surface area contributed by atoms with Crippen molar-refractivity contribution in [2.75, 3.05) is 12.4 Å². The summed E-state index contributed by atoms with van der Waals surface area (Å²) in [6.07, 6.45) is 0. The summed E-state index contributed by atoms with van der Waals surface area (Å²) in [5, 5.41) is 8.92. The van der Waals surface area contributed by atoms with E-state index >= 15 is 0 Å². The molecule has 0 spiro atoms. The van der Waals surface area contributed by atoms with Crippen LogP contribution in [0.25, 0.3) is 0 Å². The van der Waals surface area contributed by atoms with Crippen LogP contribution in [-0.4, -0.2) is 17.5 Å². The first-order valence-electron chi connectivity index (χ1n) is 5.22. The predicted octanol–water partition coefficient (Wildman–Crippen LogP) is 2.43. The molecule has 0 bridgehead atoms. The second-order valence-corrected chi connectivity index (χ2v) is 5.05. The molecule has 1 rings (SSSR count). The molecule has 84 valence electrons. The number of rotatable bonds is 5. The van der Waals surface area contributed by atoms with Crippen molar-refractivity contribution in [1.82, 2.24) is 0 Å². The van der Waals surface area contributed by atoms with Gasteiger partial charge in [-0.25, -0.2) is 0 Å². The van der Waals surface area contributed by atoms with Crippen molar-refractivity contribution in [1.29, 1.82) is 0 Å². The van der Waals surface area contributed by atoms with Crippen LogP contribution in [0.15, 0.2) is 29.2 Å². The summed E-state index contributed by atoms with van der Waals surface area (Å²) in [7, 11) is 0. The van der Waals surface area contributed by atoms with Gasteiger partial charge < -0.3 is 10.8 Å². The summed E-state index contributed by atoms with van der Waals surface area (Å²) in [6, 6.07) is 8.37. The van der Waals surface area contributed by atoms with E-state index in [0.29, 0.717) is 5.92 Å². The van der Waals surface area contributed by atoms with Crippen LogP contribution in [0.2, 0.25) is 0 Å². The average molecular weight is 225 g/mol. The van der Waals surface area contributed by atoms with E-state index in [-0.39, 0.29) is 12.6 Å². The van der Waals surface area contributed by atoms with E-state index in [1.165, 1.54) is 4.90 Å². The fourth-order valence-corrected chi connectivity index (χ4v) is 2.16. The zero-order chi connectivity index (χ0) is 11.3. The van der Waals surface area contributed by atoms with Gasteiger partial charge in [0, 0.05) is 23.3 Å². The average Bonchev–Trinajstić information content (AvgIpc) is 2.26. The molecule has 0 aromatic heterocycles. The van der Waals surface area contributed by atoms with Crippen molar-refractivity contribution in [3.05, 3.63) is 29.8 Å². The maximum Gasteiger partial charge on any atom is 0.0464 e. The Kier molecular flexibility index (Phi) is 5.15. The zero-order valence-electron chi connectivity index (χ0n) is 9.31. The van der Waals surface area contributed by atoms with E-state index < -0.39 is 0 Å². The second kappa shape index (κ2) is 6.16. The first-order chi connectivity index (χ1) is 7.13. The maximum atomic E-state index is 8.92. The van der Waals surface area contributed by atoms with E-state index in [0.717, 1.165) is 11.3 Å². The van der Waals surface area contributed by atoms with Gasteiger partial charge in [0.25, 0.3) is 0 Å². The smallest absolute Gasteiger partial charge is 0.0464 e. The first kappa shape index (κ1) is 12.6. The normalized spacial score (nSPS) is 14.9. The van der Waals surface area contributed by atoms with E-state index in [9.17, 15) is 0 Å². The number of thioether (sulfide) groups is 1. The van der Waals surface area contributed by atoms with Crippen LogP contribution in [0.3, 0.4) is 0 Å². The third-order valence-corrected chi connectivity index (χ3v) is 3.55. The molecule has 0 amide bonds. The Morgan fingerprint density at radius 1 is 1.40 bits per heavy atom. The van der Waals surface area contributed by atoms with Crippen molar-refractivity contribution < 1.29 is 5.11 Å². The monoisotopic (exact) mass is 225 g/mol. The lowest BCUT2D eigenvalue weighted by molar-refractivity contribution is 0.250. The number of aliphatic hydroxyl groups is 1. The number of hydrogen-bond acceptors (Lipinski definition) is 3. The topological polar surface area (TPSA) is 46.2 Å². The van der Waals surface area contributed by atoms with E-state index in [1.807, 2.05) is 26.0 Å². The molecule has 0 radical (unpaired) electrons. The Hall–Kier alpha value is -0.510. The van der Waals surface area contributed by atoms with Crippen LogP contribution in [0.1, 0.15) is 25.5 Å². The molecule has 1 aromatic carbocycles. The number of benzene rings is 1. The van der Waals surface area contributed by atoms with Gasteiger partial charge in [-0.15, -0.1) is 11.8 Å². The molecule has 1 aromatic rings. The fourth-order valence-electron chi connectivity index (χ4n) is 1.18. The molecule has 0 fully saturated rings. The van der Waals surface area contributed by atoms with Gasteiger partial charge in [0.15, 0.2) is 0 Å². The Bertz CT molecular complexity index is 301. The number of hydrogen-bond donors (Lipinski definition) is 2. The highest BCUT2D eigenvalue weighted by Crippen LogP contribution is 2.23. The Morgan fingerprint density at radius 2 is 2.13 bits per heavy atom. The van der Waals surface area contributed by atoms with Crippen LogP contribution >= 0.6 is 11.8 Å². The first-order valence-corrected chi connectivity index (χ1v) is 6.21. The van der Waals surface area contributed by atoms with E-state index in [4.69, 9.17) is 10.8 Å². The van der Waals surface area contributed by atoms with Gasteiger partial charge in [-0.2, -0.15) is 0 Å². The predicted molar refractivity (Wildman–Crippen MR) is 66.0 cm³/mol. The summed E-state index contributed by atoms with van der Waals surface area (Å²) in [4.78, 5) is 1.23. The Balaban J connectivity index is 2.58. The SMILES string of the molecule is CC(CO)CSc1cccc(C(C)N)c1. The largest absolute Gasteiger partial charge is 0.396 e. The van der Waals surface area contributed by atoms with Gasteiger partial charge in [-0.05, 0) is 30.5 Å². The highest BCUT2D eigenvalue weighted by Gasteiger charge is 2.03. The molecule has 0 aliphatic carbocycles. The standard InChI is InChI=1S/C12H19NOS/c1-9(7-14)8-15-12-5-3-4-11(6-12)10(2)13/h3-6,9-10,14H,7-8,13H2,1-2H3. The van der Waals surface area contributed by atoms with Gasteiger partial charge >= 0.3 is 0 Å². The Labute approximate surface area is 95.9 Å². The molecule has 0 aliphatic rings. The molecule has 2 unspecified atom stereocenters. The third-order valence-electron chi connectivity index (χ3n) is 2.23. The van der Waals surface area contributed by atoms with Crippen molar-refractivity contribution in [2.45, 2.75) is 24.8 Å². The lowest BCUT2D eigenvalue weighted by Crippen LogP contribution is -2.05. The lowest BCUT2D eigenvalue weighted by atomic mass is 10.1. The molecular weight excluding hydrogens is 206 g/mol. The molecule has 3 heteroatoms. The van der Waals surface area contributed by atoms with Gasteiger partial charge in [0.1, 0.15) is 0 Å². The van der Waals surface area contributed by atoms with Crippen molar-refractivity contribution in [3.63, 3.8) is 0 Å². The van der Waals surface area contributed by atoms with Crippen LogP contribution in [0.5, 0.6) is 0 Å². The highest BCUT2D eigenvalue weighted by molar-refractivity contribution is 7.99. The van der Waals surface area contributed by atoms with Crippen molar-refractivity contribution >= 4 is 11.8 Å². The fraction of sp³-hybridized carbons (Fsp3) is 0.500. The van der Waals surface area contributed by atoms with Crippen LogP contribution in [0, 0.1) is 5.92 Å². The van der Waals surface area contributed by atoms with Crippen molar-refractivity contribution in [2.24, 2.45) is 11.7 Å². The summed E-state index contributed by atoms with van der Waals surface area (Å²) in [5.41, 5.74) is 6.98. The van der Waals surface area contributed by atoms with E-state index in [2.05, 4.69) is 12.1 Å². The Morgan fingerprint density at radius 3 is 2.73 bits per heavy atom. The molecule has 0 heterocycles. The minimum atomic E-state index is 0.0841. The van der Waals surface area contributed by atoms with Crippen LogP contribution in [0.4, 0.5) is 0 Å². The molecule has 15 heavy (non-hydrogen) atoms. The quantitative estimate of drug-likeness (QED) is 0.757. The van der Waals surface area contributed by atoms with Gasteiger partial charge in [-0.3, -0.25) is 0 Å². The lowest BCUT2D eigenvalue weighted by Gasteiger charge is -2.10. The third kappa shape index (κ3) is 4.24. The molecule has 3 N–H and O–H groups in total. The molecule has 0 aliphatic heterocycles. The summed E-state index contributed by atoms with van der Waals surface area (Å²) < 4.78 is 0. The number of nitrogens with two attached hydrogens (primary N) is 1. The zero-order valence-corrected chi connectivity index (χ0v) is 10.1. The van der Waals surface area contributed by atoms with Crippen LogP contribution < -0.4 is 5.73 Å².